The first-order valence-electron chi connectivity index (χ1n) is 6.25. The van der Waals surface area contributed by atoms with E-state index in [0.717, 1.165) is 0 Å². The number of amides is 2. The van der Waals surface area contributed by atoms with Crippen molar-refractivity contribution < 1.29 is 14.0 Å². The lowest BCUT2D eigenvalue weighted by Gasteiger charge is -2.26. The van der Waals surface area contributed by atoms with Crippen molar-refractivity contribution in [3.8, 4) is 0 Å². The van der Waals surface area contributed by atoms with Crippen molar-refractivity contribution in [3.63, 3.8) is 0 Å². The smallest absolute Gasteiger partial charge is 0.241 e. The van der Waals surface area contributed by atoms with Crippen LogP contribution in [-0.2, 0) is 9.59 Å². The van der Waals surface area contributed by atoms with Crippen molar-refractivity contribution >= 4 is 23.2 Å². The van der Waals surface area contributed by atoms with Gasteiger partial charge < -0.3 is 16.4 Å². The minimum Gasteiger partial charge on any atom is -0.326 e. The van der Waals surface area contributed by atoms with E-state index in [-0.39, 0.29) is 11.6 Å². The summed E-state index contributed by atoms with van der Waals surface area (Å²) in [6.45, 7) is 6.81. The largest absolute Gasteiger partial charge is 0.326 e. The van der Waals surface area contributed by atoms with Crippen LogP contribution in [-0.4, -0.2) is 17.9 Å². The van der Waals surface area contributed by atoms with Crippen molar-refractivity contribution in [3.05, 3.63) is 24.0 Å². The van der Waals surface area contributed by atoms with Gasteiger partial charge in [0, 0.05) is 12.6 Å². The number of carbonyl (C=O) groups excluding carboxylic acids is 2. The number of nitrogens with one attached hydrogen (secondary N) is 2. The highest BCUT2D eigenvalue weighted by Gasteiger charge is 2.27. The van der Waals surface area contributed by atoms with Crippen molar-refractivity contribution in [1.82, 2.24) is 0 Å². The molecule has 0 saturated carbocycles. The molecule has 0 aliphatic heterocycles. The lowest BCUT2D eigenvalue weighted by atomic mass is 9.87. The molecule has 2 amide bonds. The zero-order valence-corrected chi connectivity index (χ0v) is 12.1. The van der Waals surface area contributed by atoms with Crippen LogP contribution >= 0.6 is 0 Å². The molecule has 20 heavy (non-hydrogen) atoms. The van der Waals surface area contributed by atoms with Crippen LogP contribution in [0.2, 0.25) is 0 Å². The fourth-order valence-corrected chi connectivity index (χ4v) is 1.51. The summed E-state index contributed by atoms with van der Waals surface area (Å²) < 4.78 is 13.7. The van der Waals surface area contributed by atoms with Crippen LogP contribution in [0.3, 0.4) is 0 Å². The molecule has 0 unspecified atom stereocenters. The van der Waals surface area contributed by atoms with E-state index in [0.29, 0.717) is 5.69 Å². The summed E-state index contributed by atoms with van der Waals surface area (Å²) in [7, 11) is 0. The molecule has 1 aromatic carbocycles. The summed E-state index contributed by atoms with van der Waals surface area (Å²) in [6, 6.07) is 3.16. The highest BCUT2D eigenvalue weighted by atomic mass is 19.1. The molecule has 110 valence electrons. The molecular weight excluding hydrogens is 261 g/mol. The summed E-state index contributed by atoms with van der Waals surface area (Å²) >= 11 is 0. The monoisotopic (exact) mass is 281 g/mol. The molecule has 1 atom stereocenters. The zero-order valence-electron chi connectivity index (χ0n) is 12.1. The number of anilines is 2. The average Bonchev–Trinajstić information content (AvgIpc) is 2.30. The predicted molar refractivity (Wildman–Crippen MR) is 76.8 cm³/mol. The van der Waals surface area contributed by atoms with Gasteiger partial charge in [0.15, 0.2) is 0 Å². The van der Waals surface area contributed by atoms with E-state index in [1.165, 1.54) is 25.1 Å². The Hall–Kier alpha value is -1.95. The van der Waals surface area contributed by atoms with Crippen molar-refractivity contribution in [2.24, 2.45) is 11.1 Å². The second-order valence-electron chi connectivity index (χ2n) is 5.71. The van der Waals surface area contributed by atoms with E-state index < -0.39 is 23.2 Å². The molecule has 0 aliphatic carbocycles. The second-order valence-corrected chi connectivity index (χ2v) is 5.71. The van der Waals surface area contributed by atoms with Crippen LogP contribution in [0.5, 0.6) is 0 Å². The van der Waals surface area contributed by atoms with E-state index in [1.54, 1.807) is 0 Å². The summed E-state index contributed by atoms with van der Waals surface area (Å²) in [5.41, 5.74) is 5.76. The number of hydrogen-bond acceptors (Lipinski definition) is 3. The van der Waals surface area contributed by atoms with Gasteiger partial charge in [0.2, 0.25) is 11.8 Å². The quantitative estimate of drug-likeness (QED) is 0.793. The molecule has 1 aromatic rings. The number of carbonyl (C=O) groups is 2. The maximum Gasteiger partial charge on any atom is 0.241 e. The maximum atomic E-state index is 13.7. The van der Waals surface area contributed by atoms with E-state index in [1.807, 2.05) is 20.8 Å². The van der Waals surface area contributed by atoms with Crippen molar-refractivity contribution in [1.29, 1.82) is 0 Å². The normalized spacial score (nSPS) is 12.7. The van der Waals surface area contributed by atoms with Gasteiger partial charge in [0.05, 0.1) is 11.7 Å². The third-order valence-electron chi connectivity index (χ3n) is 2.76. The first kappa shape index (κ1) is 16.1. The van der Waals surface area contributed by atoms with Gasteiger partial charge in [-0.25, -0.2) is 4.39 Å². The molecule has 0 fully saturated rings. The number of benzene rings is 1. The molecule has 0 spiro atoms. The fraction of sp³-hybridized carbons (Fsp3) is 0.429. The van der Waals surface area contributed by atoms with Crippen molar-refractivity contribution in [2.75, 3.05) is 10.6 Å². The predicted octanol–water partition coefficient (Wildman–Crippen LogP) is 2.10. The first-order valence-corrected chi connectivity index (χ1v) is 6.25. The third-order valence-corrected chi connectivity index (χ3v) is 2.76. The van der Waals surface area contributed by atoms with Crippen LogP contribution in [0.25, 0.3) is 0 Å². The van der Waals surface area contributed by atoms with Gasteiger partial charge in [0.1, 0.15) is 5.82 Å². The molecule has 0 radical (unpaired) electrons. The van der Waals surface area contributed by atoms with Crippen LogP contribution in [0.1, 0.15) is 27.7 Å². The Kier molecular flexibility index (Phi) is 4.83. The molecule has 0 bridgehead atoms. The summed E-state index contributed by atoms with van der Waals surface area (Å²) in [5.74, 6) is -1.34. The lowest BCUT2D eigenvalue weighted by molar-refractivity contribution is -0.119. The SMILES string of the molecule is CC(=O)Nc1ccc(F)c(NC(=O)[C@@H](N)C(C)(C)C)c1. The molecule has 5 nitrogen and oxygen atoms in total. The minimum absolute atomic E-state index is 0.0130. The molecule has 0 aliphatic rings. The van der Waals surface area contributed by atoms with Crippen LogP contribution in [0.4, 0.5) is 15.8 Å². The molecule has 0 saturated heterocycles. The standard InChI is InChI=1S/C14H20FN3O2/c1-8(19)17-9-5-6-10(15)11(7-9)18-13(20)12(16)14(2,3)4/h5-7,12H,16H2,1-4H3,(H,17,19)(H,18,20)/t12-/m1/s1. The molecule has 6 heteroatoms. The van der Waals surface area contributed by atoms with Gasteiger partial charge in [-0.1, -0.05) is 20.8 Å². The van der Waals surface area contributed by atoms with E-state index in [4.69, 9.17) is 5.73 Å². The number of halogens is 1. The number of rotatable bonds is 3. The fourth-order valence-electron chi connectivity index (χ4n) is 1.51. The Bertz CT molecular complexity index is 524. The Morgan fingerprint density at radius 1 is 1.25 bits per heavy atom. The maximum absolute atomic E-state index is 13.7. The highest BCUT2D eigenvalue weighted by molar-refractivity contribution is 5.96. The Labute approximate surface area is 117 Å². The van der Waals surface area contributed by atoms with Gasteiger partial charge in [-0.2, -0.15) is 0 Å². The third kappa shape index (κ3) is 4.31. The minimum atomic E-state index is -0.772. The first-order chi connectivity index (χ1) is 9.11. The van der Waals surface area contributed by atoms with Gasteiger partial charge in [-0.05, 0) is 23.6 Å². The van der Waals surface area contributed by atoms with Gasteiger partial charge >= 0.3 is 0 Å². The van der Waals surface area contributed by atoms with E-state index >= 15 is 0 Å². The van der Waals surface area contributed by atoms with Crippen LogP contribution in [0, 0.1) is 11.2 Å². The number of nitrogens with two attached hydrogens (primary N) is 1. The van der Waals surface area contributed by atoms with E-state index in [2.05, 4.69) is 10.6 Å². The molecule has 0 aromatic heterocycles. The molecule has 4 N–H and O–H groups in total. The second kappa shape index (κ2) is 6.00. The van der Waals surface area contributed by atoms with Gasteiger partial charge in [-0.15, -0.1) is 0 Å². The summed E-state index contributed by atoms with van der Waals surface area (Å²) in [4.78, 5) is 22.9. The highest BCUT2D eigenvalue weighted by Crippen LogP contribution is 2.22. The van der Waals surface area contributed by atoms with E-state index in [9.17, 15) is 14.0 Å². The van der Waals surface area contributed by atoms with Crippen LogP contribution in [0.15, 0.2) is 18.2 Å². The summed E-state index contributed by atoms with van der Waals surface area (Å²) in [6.07, 6.45) is 0. The van der Waals surface area contributed by atoms with Gasteiger partial charge in [0.25, 0.3) is 0 Å². The Morgan fingerprint density at radius 3 is 2.35 bits per heavy atom. The van der Waals surface area contributed by atoms with Crippen molar-refractivity contribution in [2.45, 2.75) is 33.7 Å². The topological polar surface area (TPSA) is 84.2 Å². The number of hydrogen-bond donors (Lipinski definition) is 3. The Balaban J connectivity index is 2.91. The zero-order chi connectivity index (χ0) is 15.5. The van der Waals surface area contributed by atoms with Gasteiger partial charge in [-0.3, -0.25) is 9.59 Å². The summed E-state index contributed by atoms with van der Waals surface area (Å²) in [5, 5.41) is 4.96. The Morgan fingerprint density at radius 2 is 1.85 bits per heavy atom. The van der Waals surface area contributed by atoms with Crippen LogP contribution < -0.4 is 16.4 Å². The molecule has 1 rings (SSSR count). The average molecular weight is 281 g/mol. The molecular formula is C14H20FN3O2. The molecule has 0 heterocycles. The lowest BCUT2D eigenvalue weighted by Crippen LogP contribution is -2.45.